The first kappa shape index (κ1) is 15.9. The third-order valence-electron chi connectivity index (χ3n) is 3.68. The van der Waals surface area contributed by atoms with Crippen molar-refractivity contribution < 1.29 is 19.1 Å². The number of rotatable bonds is 3. The summed E-state index contributed by atoms with van der Waals surface area (Å²) in [5.41, 5.74) is 2.48. The van der Waals surface area contributed by atoms with Crippen LogP contribution in [-0.4, -0.2) is 37.6 Å². The number of carbonyl (C=O) groups is 2. The highest BCUT2D eigenvalue weighted by Gasteiger charge is 2.41. The van der Waals surface area contributed by atoms with Gasteiger partial charge in [-0.15, -0.1) is 5.10 Å². The summed E-state index contributed by atoms with van der Waals surface area (Å²) in [7, 11) is 2.58. The van der Waals surface area contributed by atoms with Gasteiger partial charge in [0.1, 0.15) is 5.92 Å². The van der Waals surface area contributed by atoms with Gasteiger partial charge >= 0.3 is 11.9 Å². The van der Waals surface area contributed by atoms with Crippen LogP contribution in [-0.2, 0) is 19.1 Å². The van der Waals surface area contributed by atoms with E-state index >= 15 is 0 Å². The summed E-state index contributed by atoms with van der Waals surface area (Å²) in [6, 6.07) is 7.57. The second-order valence-electron chi connectivity index (χ2n) is 5.11. The van der Waals surface area contributed by atoms with Gasteiger partial charge in [-0.1, -0.05) is 29.8 Å². The number of benzene rings is 1. The van der Waals surface area contributed by atoms with Crippen LogP contribution in [0.3, 0.4) is 0 Å². The molecule has 0 bridgehead atoms. The van der Waals surface area contributed by atoms with Crippen molar-refractivity contribution in [2.45, 2.75) is 19.8 Å². The molecule has 0 aromatic heterocycles. The average Bonchev–Trinajstić information content (AvgIpc) is 2.54. The number of hydrogen-bond donors (Lipinski definition) is 0. The predicted octanol–water partition coefficient (Wildman–Crippen LogP) is 1.87. The van der Waals surface area contributed by atoms with Gasteiger partial charge in [-0.25, -0.2) is 4.79 Å². The molecule has 116 valence electrons. The van der Waals surface area contributed by atoms with Crippen LogP contribution in [0.1, 0.15) is 24.0 Å². The predicted molar refractivity (Wildman–Crippen MR) is 82.0 cm³/mol. The fraction of sp³-hybridized carbons (Fsp3) is 0.375. The number of methoxy groups -OCH3 is 2. The number of carbonyl (C=O) groups excluding carboxylic acids is 2. The lowest BCUT2D eigenvalue weighted by Gasteiger charge is -2.27. The Kier molecular flexibility index (Phi) is 4.70. The second kappa shape index (κ2) is 6.51. The molecule has 2 rings (SSSR count). The van der Waals surface area contributed by atoms with E-state index in [0.29, 0.717) is 5.71 Å². The van der Waals surface area contributed by atoms with E-state index in [1.54, 1.807) is 6.92 Å². The Balaban J connectivity index is 2.55. The van der Waals surface area contributed by atoms with Gasteiger partial charge in [-0.2, -0.15) is 5.10 Å². The van der Waals surface area contributed by atoms with Gasteiger partial charge in [0.15, 0.2) is 5.71 Å². The van der Waals surface area contributed by atoms with Gasteiger partial charge in [0.25, 0.3) is 0 Å². The van der Waals surface area contributed by atoms with Crippen LogP contribution < -0.4 is 0 Å². The molecule has 1 aromatic rings. The van der Waals surface area contributed by atoms with Crippen LogP contribution in [0, 0.1) is 12.8 Å². The van der Waals surface area contributed by atoms with Crippen molar-refractivity contribution in [3.8, 4) is 0 Å². The molecule has 0 spiro atoms. The van der Waals surface area contributed by atoms with Crippen LogP contribution in [0.4, 0.5) is 0 Å². The minimum atomic E-state index is -0.695. The quantitative estimate of drug-likeness (QED) is 0.799. The van der Waals surface area contributed by atoms with Crippen molar-refractivity contribution >= 4 is 23.4 Å². The Morgan fingerprint density at radius 3 is 2.18 bits per heavy atom. The molecule has 0 amide bonds. The lowest BCUT2D eigenvalue weighted by atomic mass is 9.79. The second-order valence-corrected chi connectivity index (χ2v) is 5.11. The highest BCUT2D eigenvalue weighted by atomic mass is 16.5. The molecule has 2 unspecified atom stereocenters. The van der Waals surface area contributed by atoms with Crippen molar-refractivity contribution in [3.63, 3.8) is 0 Å². The van der Waals surface area contributed by atoms with E-state index in [9.17, 15) is 9.59 Å². The van der Waals surface area contributed by atoms with E-state index < -0.39 is 23.8 Å². The Labute approximate surface area is 128 Å². The highest BCUT2D eigenvalue weighted by Crippen LogP contribution is 2.32. The van der Waals surface area contributed by atoms with Crippen molar-refractivity contribution in [1.29, 1.82) is 0 Å². The Morgan fingerprint density at radius 1 is 1.00 bits per heavy atom. The standard InChI is InChI=1S/C16H18N2O4/c1-9-5-7-11(8-6-9)13-12(15(19)21-3)10(2)17-18-14(13)16(20)22-4/h5-8,12-13H,1-4H3. The molecule has 6 heteroatoms. The SMILES string of the molecule is COC(=O)C1=NN=C(C)C(C(=O)OC)C1c1ccc(C)cc1. The van der Waals surface area contributed by atoms with Gasteiger partial charge in [0.05, 0.1) is 25.8 Å². The van der Waals surface area contributed by atoms with E-state index in [4.69, 9.17) is 9.47 Å². The maximum Gasteiger partial charge on any atom is 0.354 e. The van der Waals surface area contributed by atoms with E-state index in [2.05, 4.69) is 10.2 Å². The summed E-state index contributed by atoms with van der Waals surface area (Å²) < 4.78 is 9.64. The number of aryl methyl sites for hydroxylation is 1. The monoisotopic (exact) mass is 302 g/mol. The lowest BCUT2D eigenvalue weighted by molar-refractivity contribution is -0.143. The zero-order chi connectivity index (χ0) is 16.3. The van der Waals surface area contributed by atoms with Crippen molar-refractivity contribution in [1.82, 2.24) is 0 Å². The first-order valence-electron chi connectivity index (χ1n) is 6.84. The zero-order valence-corrected chi connectivity index (χ0v) is 13.0. The summed E-state index contributed by atoms with van der Waals surface area (Å²) in [5, 5.41) is 7.88. The number of esters is 2. The number of nitrogens with zero attached hydrogens (tertiary/aromatic N) is 2. The first-order valence-corrected chi connectivity index (χ1v) is 6.84. The molecule has 1 aliphatic heterocycles. The van der Waals surface area contributed by atoms with Crippen LogP contribution in [0.25, 0.3) is 0 Å². The van der Waals surface area contributed by atoms with Gasteiger partial charge in [0, 0.05) is 0 Å². The largest absolute Gasteiger partial charge is 0.468 e. The molecule has 2 atom stereocenters. The fourth-order valence-corrected chi connectivity index (χ4v) is 2.49. The molecular weight excluding hydrogens is 284 g/mol. The summed E-state index contributed by atoms with van der Waals surface area (Å²) in [4.78, 5) is 24.2. The average molecular weight is 302 g/mol. The molecule has 1 heterocycles. The first-order chi connectivity index (χ1) is 10.5. The Morgan fingerprint density at radius 2 is 1.64 bits per heavy atom. The molecule has 0 saturated carbocycles. The molecule has 0 saturated heterocycles. The van der Waals surface area contributed by atoms with E-state index in [0.717, 1.165) is 11.1 Å². The smallest absolute Gasteiger partial charge is 0.354 e. The minimum absolute atomic E-state index is 0.104. The van der Waals surface area contributed by atoms with E-state index in [1.165, 1.54) is 14.2 Å². The minimum Gasteiger partial charge on any atom is -0.468 e. The van der Waals surface area contributed by atoms with E-state index in [1.807, 2.05) is 31.2 Å². The van der Waals surface area contributed by atoms with Crippen molar-refractivity contribution in [2.75, 3.05) is 14.2 Å². The lowest BCUT2D eigenvalue weighted by Crippen LogP contribution is -2.39. The maximum absolute atomic E-state index is 12.2. The summed E-state index contributed by atoms with van der Waals surface area (Å²) in [6.07, 6.45) is 0. The molecule has 0 N–H and O–H groups in total. The summed E-state index contributed by atoms with van der Waals surface area (Å²) in [6.45, 7) is 3.66. The molecule has 22 heavy (non-hydrogen) atoms. The molecule has 0 fully saturated rings. The summed E-state index contributed by atoms with van der Waals surface area (Å²) in [5.74, 6) is -2.32. The number of hydrogen-bond acceptors (Lipinski definition) is 6. The molecule has 0 radical (unpaired) electrons. The topological polar surface area (TPSA) is 77.3 Å². The van der Waals surface area contributed by atoms with Crippen molar-refractivity contribution in [2.24, 2.45) is 16.1 Å². The third kappa shape index (κ3) is 2.90. The Bertz CT molecular complexity index is 647. The van der Waals surface area contributed by atoms with Crippen LogP contribution >= 0.6 is 0 Å². The molecule has 1 aromatic carbocycles. The Hall–Kier alpha value is -2.50. The highest BCUT2D eigenvalue weighted by molar-refractivity contribution is 6.40. The fourth-order valence-electron chi connectivity index (χ4n) is 2.49. The third-order valence-corrected chi connectivity index (χ3v) is 3.68. The molecule has 1 aliphatic rings. The van der Waals surface area contributed by atoms with Crippen molar-refractivity contribution in [3.05, 3.63) is 35.4 Å². The van der Waals surface area contributed by atoms with Gasteiger partial charge in [0.2, 0.25) is 0 Å². The van der Waals surface area contributed by atoms with Gasteiger partial charge in [-0.3, -0.25) is 4.79 Å². The van der Waals surface area contributed by atoms with Crippen LogP contribution in [0.15, 0.2) is 34.5 Å². The molecule has 6 nitrogen and oxygen atoms in total. The normalized spacial score (nSPS) is 20.7. The molecule has 0 aliphatic carbocycles. The zero-order valence-electron chi connectivity index (χ0n) is 13.0. The van der Waals surface area contributed by atoms with Crippen LogP contribution in [0.5, 0.6) is 0 Å². The van der Waals surface area contributed by atoms with Gasteiger partial charge < -0.3 is 9.47 Å². The molecular formula is C16H18N2O4. The van der Waals surface area contributed by atoms with E-state index in [-0.39, 0.29) is 5.71 Å². The summed E-state index contributed by atoms with van der Waals surface area (Å²) >= 11 is 0. The maximum atomic E-state index is 12.2. The number of ether oxygens (including phenoxy) is 2. The van der Waals surface area contributed by atoms with Crippen LogP contribution in [0.2, 0.25) is 0 Å². The van der Waals surface area contributed by atoms with Gasteiger partial charge in [-0.05, 0) is 19.4 Å².